The van der Waals surface area contributed by atoms with Gasteiger partial charge in [-0.15, -0.1) is 18.3 Å². The van der Waals surface area contributed by atoms with E-state index in [1.54, 1.807) is 0 Å². The van der Waals surface area contributed by atoms with Crippen molar-refractivity contribution < 1.29 is 31.9 Å². The molecule has 0 aliphatic rings. The molecule has 3 rings (SSSR count). The number of tetrazole rings is 1. The van der Waals surface area contributed by atoms with E-state index in [2.05, 4.69) is 25.6 Å². The Labute approximate surface area is 189 Å². The van der Waals surface area contributed by atoms with E-state index in [0.29, 0.717) is 11.3 Å². The molecular weight excluding hydrogens is 466 g/mol. The summed E-state index contributed by atoms with van der Waals surface area (Å²) >= 11 is 0.989. The molecule has 0 radical (unpaired) electrons. The first-order valence-corrected chi connectivity index (χ1v) is 10.4. The maximum absolute atomic E-state index is 14.3. The predicted octanol–water partition coefficient (Wildman–Crippen LogP) is 3.35. The molecule has 0 saturated carbocycles. The van der Waals surface area contributed by atoms with Gasteiger partial charge in [0, 0.05) is 19.0 Å². The highest BCUT2D eigenvalue weighted by atomic mass is 32.2. The number of hydrogen-bond donors (Lipinski definition) is 1. The third-order valence-electron chi connectivity index (χ3n) is 4.23. The van der Waals surface area contributed by atoms with Gasteiger partial charge in [-0.2, -0.15) is 4.68 Å². The maximum atomic E-state index is 14.3. The number of halogens is 4. The average molecular weight is 483 g/mol. The van der Waals surface area contributed by atoms with Gasteiger partial charge in [0.1, 0.15) is 11.6 Å². The first-order chi connectivity index (χ1) is 15.6. The van der Waals surface area contributed by atoms with Gasteiger partial charge < -0.3 is 10.1 Å². The number of Topliss-reactive ketones (excluding diaryl/α,β-unsaturated/α-hetero) is 1. The SMILES string of the molecule is CC(=O)NCCc1ccc(C(=O)CSc2nnnn2-c2ccc(OC(F)(F)F)cc2)cc1F. The van der Waals surface area contributed by atoms with Gasteiger partial charge in [0.25, 0.3) is 0 Å². The zero-order valence-electron chi connectivity index (χ0n) is 17.1. The van der Waals surface area contributed by atoms with Crippen molar-refractivity contribution in [2.45, 2.75) is 24.9 Å². The van der Waals surface area contributed by atoms with Gasteiger partial charge in [-0.3, -0.25) is 9.59 Å². The summed E-state index contributed by atoms with van der Waals surface area (Å²) in [6, 6.07) is 9.01. The van der Waals surface area contributed by atoms with Gasteiger partial charge in [0.15, 0.2) is 5.78 Å². The second kappa shape index (κ2) is 10.4. The molecule has 0 aliphatic heterocycles. The van der Waals surface area contributed by atoms with Crippen molar-refractivity contribution in [3.8, 4) is 11.4 Å². The van der Waals surface area contributed by atoms with Gasteiger partial charge in [-0.05, 0) is 52.7 Å². The number of ketones is 1. The molecule has 1 amide bonds. The third kappa shape index (κ3) is 7.00. The number of carbonyl (C=O) groups is 2. The fraction of sp³-hybridized carbons (Fsp3) is 0.250. The lowest BCUT2D eigenvalue weighted by Gasteiger charge is -2.09. The highest BCUT2D eigenvalue weighted by Gasteiger charge is 2.31. The molecule has 3 aromatic rings. The summed E-state index contributed by atoms with van der Waals surface area (Å²) in [5.41, 5.74) is 0.893. The Balaban J connectivity index is 1.62. The van der Waals surface area contributed by atoms with Crippen LogP contribution in [0.5, 0.6) is 5.75 Å². The molecule has 0 bridgehead atoms. The summed E-state index contributed by atoms with van der Waals surface area (Å²) in [4.78, 5) is 23.4. The van der Waals surface area contributed by atoms with Crippen molar-refractivity contribution in [3.63, 3.8) is 0 Å². The lowest BCUT2D eigenvalue weighted by atomic mass is 10.1. The summed E-state index contributed by atoms with van der Waals surface area (Å²) in [7, 11) is 0. The number of nitrogens with zero attached hydrogens (tertiary/aromatic N) is 4. The number of amides is 1. The maximum Gasteiger partial charge on any atom is 0.573 e. The smallest absolute Gasteiger partial charge is 0.406 e. The van der Waals surface area contributed by atoms with E-state index in [-0.39, 0.29) is 41.1 Å². The van der Waals surface area contributed by atoms with Crippen LogP contribution in [0.2, 0.25) is 0 Å². The van der Waals surface area contributed by atoms with Crippen LogP contribution < -0.4 is 10.1 Å². The van der Waals surface area contributed by atoms with Crippen molar-refractivity contribution in [3.05, 3.63) is 59.4 Å². The fourth-order valence-corrected chi connectivity index (χ4v) is 3.52. The summed E-state index contributed by atoms with van der Waals surface area (Å²) in [6.07, 6.45) is -4.52. The van der Waals surface area contributed by atoms with E-state index >= 15 is 0 Å². The molecule has 1 heterocycles. The van der Waals surface area contributed by atoms with Crippen molar-refractivity contribution in [1.82, 2.24) is 25.5 Å². The van der Waals surface area contributed by atoms with Crippen LogP contribution in [0.4, 0.5) is 17.6 Å². The second-order valence-corrected chi connectivity index (χ2v) is 7.61. The predicted molar refractivity (Wildman–Crippen MR) is 110 cm³/mol. The number of benzene rings is 2. The summed E-state index contributed by atoms with van der Waals surface area (Å²) in [5.74, 6) is -1.63. The Hall–Kier alpha value is -3.48. The number of thioether (sulfide) groups is 1. The molecule has 0 atom stereocenters. The van der Waals surface area contributed by atoms with Crippen LogP contribution in [0.25, 0.3) is 5.69 Å². The van der Waals surface area contributed by atoms with Crippen LogP contribution in [-0.2, 0) is 11.2 Å². The molecule has 0 fully saturated rings. The molecule has 0 saturated heterocycles. The largest absolute Gasteiger partial charge is 0.573 e. The zero-order valence-corrected chi connectivity index (χ0v) is 17.9. The van der Waals surface area contributed by atoms with Crippen LogP contribution in [0.15, 0.2) is 47.6 Å². The van der Waals surface area contributed by atoms with E-state index in [1.165, 1.54) is 35.9 Å². The quantitative estimate of drug-likeness (QED) is 0.283. The van der Waals surface area contributed by atoms with Gasteiger partial charge in [0.05, 0.1) is 11.4 Å². The van der Waals surface area contributed by atoms with Crippen LogP contribution in [0.3, 0.4) is 0 Å². The lowest BCUT2D eigenvalue weighted by molar-refractivity contribution is -0.274. The average Bonchev–Trinajstić information content (AvgIpc) is 3.21. The van der Waals surface area contributed by atoms with E-state index < -0.39 is 17.9 Å². The molecule has 0 spiro atoms. The number of aromatic nitrogens is 4. The molecule has 1 aromatic heterocycles. The Morgan fingerprint density at radius 1 is 1.15 bits per heavy atom. The molecule has 0 unspecified atom stereocenters. The Morgan fingerprint density at radius 2 is 1.88 bits per heavy atom. The molecule has 33 heavy (non-hydrogen) atoms. The summed E-state index contributed by atoms with van der Waals surface area (Å²) < 4.78 is 56.2. The number of nitrogens with one attached hydrogen (secondary N) is 1. The third-order valence-corrected chi connectivity index (χ3v) is 5.15. The highest BCUT2D eigenvalue weighted by molar-refractivity contribution is 7.99. The Morgan fingerprint density at radius 3 is 2.52 bits per heavy atom. The van der Waals surface area contributed by atoms with Crippen LogP contribution in [-0.4, -0.2) is 50.6 Å². The van der Waals surface area contributed by atoms with Crippen LogP contribution >= 0.6 is 11.8 Å². The highest BCUT2D eigenvalue weighted by Crippen LogP contribution is 2.25. The minimum atomic E-state index is -4.80. The molecule has 1 N–H and O–H groups in total. The van der Waals surface area contributed by atoms with Gasteiger partial charge in [-0.1, -0.05) is 23.9 Å². The van der Waals surface area contributed by atoms with Gasteiger partial charge in [0.2, 0.25) is 11.1 Å². The normalized spacial score (nSPS) is 11.3. The summed E-state index contributed by atoms with van der Waals surface area (Å²) in [5, 5.41) is 13.9. The zero-order chi connectivity index (χ0) is 24.0. The molecule has 8 nitrogen and oxygen atoms in total. The van der Waals surface area contributed by atoms with Crippen LogP contribution in [0.1, 0.15) is 22.8 Å². The van der Waals surface area contributed by atoms with Gasteiger partial charge in [-0.25, -0.2) is 4.39 Å². The second-order valence-electron chi connectivity index (χ2n) is 6.67. The molecule has 2 aromatic carbocycles. The summed E-state index contributed by atoms with van der Waals surface area (Å²) in [6.45, 7) is 1.64. The topological polar surface area (TPSA) is 99.0 Å². The number of carbonyl (C=O) groups excluding carboxylic acids is 2. The number of rotatable bonds is 9. The molecule has 13 heteroatoms. The Kier molecular flexibility index (Phi) is 7.63. The minimum absolute atomic E-state index is 0.0969. The Bertz CT molecular complexity index is 1140. The van der Waals surface area contributed by atoms with E-state index in [9.17, 15) is 27.2 Å². The van der Waals surface area contributed by atoms with Crippen LogP contribution in [0, 0.1) is 5.82 Å². The van der Waals surface area contributed by atoms with Crippen molar-refractivity contribution >= 4 is 23.5 Å². The monoisotopic (exact) mass is 483 g/mol. The van der Waals surface area contributed by atoms with E-state index in [0.717, 1.165) is 30.0 Å². The number of alkyl halides is 3. The first kappa shape index (κ1) is 24.2. The first-order valence-electron chi connectivity index (χ1n) is 9.46. The number of ether oxygens (including phenoxy) is 1. The molecule has 174 valence electrons. The number of hydrogen-bond acceptors (Lipinski definition) is 7. The van der Waals surface area contributed by atoms with Crippen molar-refractivity contribution in [2.24, 2.45) is 0 Å². The van der Waals surface area contributed by atoms with Gasteiger partial charge >= 0.3 is 6.36 Å². The van der Waals surface area contributed by atoms with E-state index in [4.69, 9.17) is 0 Å². The minimum Gasteiger partial charge on any atom is -0.406 e. The standard InChI is InChI=1S/C20H17F4N5O3S/c1-12(30)25-9-8-13-2-3-14(10-17(13)21)18(31)11-33-19-26-27-28-29(19)15-4-6-16(7-5-15)32-20(22,23)24/h2-7,10H,8-9,11H2,1H3,(H,25,30). The van der Waals surface area contributed by atoms with Crippen molar-refractivity contribution in [2.75, 3.05) is 12.3 Å². The van der Waals surface area contributed by atoms with Crippen molar-refractivity contribution in [1.29, 1.82) is 0 Å². The molecule has 0 aliphatic carbocycles. The molecular formula is C20H17F4N5O3S. The lowest BCUT2D eigenvalue weighted by Crippen LogP contribution is -2.22. The van der Waals surface area contributed by atoms with E-state index in [1.807, 2.05) is 0 Å². The fourth-order valence-electron chi connectivity index (χ4n) is 2.73.